The van der Waals surface area contributed by atoms with Gasteiger partial charge in [-0.15, -0.1) is 0 Å². The molecule has 0 aliphatic rings. The van der Waals surface area contributed by atoms with Crippen LogP contribution in [0.25, 0.3) is 11.3 Å². The smallest absolute Gasteiger partial charge is 0.224 e. The lowest BCUT2D eigenvalue weighted by molar-refractivity contribution is -0.116. The summed E-state index contributed by atoms with van der Waals surface area (Å²) < 4.78 is 5.68. The molecule has 0 saturated heterocycles. The van der Waals surface area contributed by atoms with Gasteiger partial charge in [-0.05, 0) is 18.2 Å². The Kier molecular flexibility index (Phi) is 5.18. The maximum atomic E-state index is 12.0. The van der Waals surface area contributed by atoms with Crippen LogP contribution >= 0.6 is 23.2 Å². The van der Waals surface area contributed by atoms with E-state index < -0.39 is 0 Å². The number of hydrogen-bond acceptors (Lipinski definition) is 3. The molecule has 3 aromatic rings. The highest BCUT2D eigenvalue weighted by Gasteiger charge is 2.09. The first-order valence-corrected chi connectivity index (χ1v) is 8.12. The van der Waals surface area contributed by atoms with Gasteiger partial charge in [-0.3, -0.25) is 4.79 Å². The molecule has 6 heteroatoms. The molecular formula is C18H14Cl2N2O2. The van der Waals surface area contributed by atoms with E-state index in [9.17, 15) is 4.79 Å². The van der Waals surface area contributed by atoms with Gasteiger partial charge in [0.25, 0.3) is 0 Å². The van der Waals surface area contributed by atoms with Gasteiger partial charge in [0.05, 0.1) is 6.20 Å². The molecule has 1 heterocycles. The summed E-state index contributed by atoms with van der Waals surface area (Å²) in [6.45, 7) is 0. The number of hydrogen-bond donors (Lipinski definition) is 1. The molecule has 0 radical (unpaired) electrons. The Morgan fingerprint density at radius 3 is 2.50 bits per heavy atom. The van der Waals surface area contributed by atoms with Crippen LogP contribution in [0.5, 0.6) is 0 Å². The van der Waals surface area contributed by atoms with E-state index in [1.807, 2.05) is 30.3 Å². The molecule has 0 unspecified atom stereocenters. The van der Waals surface area contributed by atoms with Crippen LogP contribution in [-0.4, -0.2) is 10.9 Å². The van der Waals surface area contributed by atoms with Crippen molar-refractivity contribution in [3.63, 3.8) is 0 Å². The van der Waals surface area contributed by atoms with Gasteiger partial charge in [-0.25, -0.2) is 4.98 Å². The van der Waals surface area contributed by atoms with E-state index in [1.54, 1.807) is 24.4 Å². The van der Waals surface area contributed by atoms with Crippen molar-refractivity contribution in [1.82, 2.24) is 4.98 Å². The Balaban J connectivity index is 1.58. The first-order valence-electron chi connectivity index (χ1n) is 7.36. The zero-order valence-electron chi connectivity index (χ0n) is 12.6. The lowest BCUT2D eigenvalue weighted by atomic mass is 10.2. The summed E-state index contributed by atoms with van der Waals surface area (Å²) in [6, 6.07) is 14.6. The molecule has 0 fully saturated rings. The average molecular weight is 361 g/mol. The molecule has 1 aromatic heterocycles. The van der Waals surface area contributed by atoms with Crippen molar-refractivity contribution in [3.8, 4) is 11.3 Å². The van der Waals surface area contributed by atoms with Crippen LogP contribution < -0.4 is 5.32 Å². The van der Waals surface area contributed by atoms with Crippen molar-refractivity contribution in [2.45, 2.75) is 12.8 Å². The minimum Gasteiger partial charge on any atom is -0.441 e. The molecule has 0 spiro atoms. The van der Waals surface area contributed by atoms with Crippen molar-refractivity contribution < 1.29 is 9.21 Å². The predicted molar refractivity (Wildman–Crippen MR) is 95.4 cm³/mol. The van der Waals surface area contributed by atoms with Crippen LogP contribution in [0, 0.1) is 0 Å². The Bertz CT molecular complexity index is 827. The fourth-order valence-corrected chi connectivity index (χ4v) is 2.76. The number of nitrogens with zero attached hydrogens (tertiary/aromatic N) is 1. The zero-order valence-corrected chi connectivity index (χ0v) is 14.1. The second-order valence-corrected chi connectivity index (χ2v) is 6.06. The molecule has 0 aliphatic carbocycles. The number of carbonyl (C=O) groups is 1. The lowest BCUT2D eigenvalue weighted by Crippen LogP contribution is -2.12. The molecule has 0 bridgehead atoms. The van der Waals surface area contributed by atoms with E-state index in [0.717, 1.165) is 5.56 Å². The summed E-state index contributed by atoms with van der Waals surface area (Å²) in [5, 5.41) is 3.70. The van der Waals surface area contributed by atoms with Crippen LogP contribution in [0.15, 0.2) is 59.1 Å². The molecule has 3 rings (SSSR count). The van der Waals surface area contributed by atoms with Crippen LogP contribution in [0.2, 0.25) is 10.0 Å². The standard InChI is InChI=1S/C18H14Cl2N2O2/c19-13-8-14(20)10-15(9-13)22-17(23)6-7-18-21-11-16(24-18)12-4-2-1-3-5-12/h1-5,8-11H,6-7H2,(H,22,23). The maximum absolute atomic E-state index is 12.0. The van der Waals surface area contributed by atoms with Crippen molar-refractivity contribution >= 4 is 34.8 Å². The molecule has 4 nitrogen and oxygen atoms in total. The molecule has 122 valence electrons. The zero-order chi connectivity index (χ0) is 16.9. The van der Waals surface area contributed by atoms with Crippen LogP contribution in [-0.2, 0) is 11.2 Å². The molecule has 1 amide bonds. The molecule has 2 aromatic carbocycles. The fourth-order valence-electron chi connectivity index (χ4n) is 2.23. The van der Waals surface area contributed by atoms with E-state index in [2.05, 4.69) is 10.3 Å². The van der Waals surface area contributed by atoms with Gasteiger partial charge < -0.3 is 9.73 Å². The summed E-state index contributed by atoms with van der Waals surface area (Å²) in [5.74, 6) is 1.05. The van der Waals surface area contributed by atoms with Gasteiger partial charge in [0.15, 0.2) is 11.7 Å². The third-order valence-corrected chi connectivity index (χ3v) is 3.76. The van der Waals surface area contributed by atoms with E-state index in [-0.39, 0.29) is 12.3 Å². The van der Waals surface area contributed by atoms with Crippen molar-refractivity contribution in [2.24, 2.45) is 0 Å². The number of halogens is 2. The van der Waals surface area contributed by atoms with E-state index in [4.69, 9.17) is 27.6 Å². The average Bonchev–Trinajstić information content (AvgIpc) is 3.02. The van der Waals surface area contributed by atoms with Crippen molar-refractivity contribution in [3.05, 3.63) is 70.7 Å². The van der Waals surface area contributed by atoms with Gasteiger partial charge in [0.1, 0.15) is 0 Å². The Hall–Kier alpha value is -2.30. The number of nitrogens with one attached hydrogen (secondary N) is 1. The highest BCUT2D eigenvalue weighted by atomic mass is 35.5. The molecule has 24 heavy (non-hydrogen) atoms. The highest BCUT2D eigenvalue weighted by molar-refractivity contribution is 6.35. The molecule has 0 saturated carbocycles. The first kappa shape index (κ1) is 16.6. The van der Waals surface area contributed by atoms with Crippen LogP contribution in [0.1, 0.15) is 12.3 Å². The minimum absolute atomic E-state index is 0.159. The fraction of sp³-hybridized carbons (Fsp3) is 0.111. The number of benzene rings is 2. The predicted octanol–water partition coefficient (Wildman–Crippen LogP) is 5.22. The van der Waals surface area contributed by atoms with Gasteiger partial charge in [0, 0.05) is 34.1 Å². The highest BCUT2D eigenvalue weighted by Crippen LogP contribution is 2.23. The number of amides is 1. The normalized spacial score (nSPS) is 10.6. The van der Waals surface area contributed by atoms with Crippen molar-refractivity contribution in [2.75, 3.05) is 5.32 Å². The monoisotopic (exact) mass is 360 g/mol. The van der Waals surface area contributed by atoms with Gasteiger partial charge in [-0.2, -0.15) is 0 Å². The van der Waals surface area contributed by atoms with Crippen LogP contribution in [0.3, 0.4) is 0 Å². The Morgan fingerprint density at radius 1 is 1.08 bits per heavy atom. The SMILES string of the molecule is O=C(CCc1ncc(-c2ccccc2)o1)Nc1cc(Cl)cc(Cl)c1. The van der Waals surface area contributed by atoms with Crippen molar-refractivity contribution in [1.29, 1.82) is 0 Å². The number of anilines is 1. The summed E-state index contributed by atoms with van der Waals surface area (Å²) in [7, 11) is 0. The third kappa shape index (κ3) is 4.37. The third-order valence-electron chi connectivity index (χ3n) is 3.32. The lowest BCUT2D eigenvalue weighted by Gasteiger charge is -2.05. The maximum Gasteiger partial charge on any atom is 0.224 e. The summed E-state index contributed by atoms with van der Waals surface area (Å²) in [5.41, 5.74) is 1.52. The van der Waals surface area contributed by atoms with E-state index in [1.165, 1.54) is 0 Å². The second kappa shape index (κ2) is 7.51. The van der Waals surface area contributed by atoms with Crippen LogP contribution in [0.4, 0.5) is 5.69 Å². The first-order chi connectivity index (χ1) is 11.6. The van der Waals surface area contributed by atoms with Gasteiger partial charge >= 0.3 is 0 Å². The summed E-state index contributed by atoms with van der Waals surface area (Å²) >= 11 is 11.8. The number of aromatic nitrogens is 1. The van der Waals surface area contributed by atoms with Gasteiger partial charge in [-0.1, -0.05) is 53.5 Å². The topological polar surface area (TPSA) is 55.1 Å². The molecule has 0 aliphatic heterocycles. The summed E-state index contributed by atoms with van der Waals surface area (Å²) in [6.07, 6.45) is 2.32. The minimum atomic E-state index is -0.159. The number of oxazole rings is 1. The van der Waals surface area contributed by atoms with E-state index in [0.29, 0.717) is 33.8 Å². The van der Waals surface area contributed by atoms with E-state index >= 15 is 0 Å². The summed E-state index contributed by atoms with van der Waals surface area (Å²) in [4.78, 5) is 16.2. The largest absolute Gasteiger partial charge is 0.441 e. The second-order valence-electron chi connectivity index (χ2n) is 5.19. The molecule has 0 atom stereocenters. The molecular weight excluding hydrogens is 347 g/mol. The quantitative estimate of drug-likeness (QED) is 0.678. The van der Waals surface area contributed by atoms with Gasteiger partial charge in [0.2, 0.25) is 5.91 Å². The molecule has 1 N–H and O–H groups in total. The number of rotatable bonds is 5. The Morgan fingerprint density at radius 2 is 1.79 bits per heavy atom. The number of carbonyl (C=O) groups excluding carboxylic acids is 1. The Labute approximate surface area is 149 Å². The number of aryl methyl sites for hydroxylation is 1.